The summed E-state index contributed by atoms with van der Waals surface area (Å²) in [7, 11) is 0. The first kappa shape index (κ1) is 19.2. The first-order valence-corrected chi connectivity index (χ1v) is 9.95. The van der Waals surface area contributed by atoms with Crippen LogP contribution in [0, 0.1) is 0 Å². The normalized spacial score (nSPS) is 10.8. The molecule has 0 aliphatic carbocycles. The van der Waals surface area contributed by atoms with Crippen molar-refractivity contribution >= 4 is 57.2 Å². The molecule has 1 amide bonds. The number of rotatable bonds is 5. The molecule has 0 aliphatic heterocycles. The van der Waals surface area contributed by atoms with Gasteiger partial charge in [-0.05, 0) is 36.8 Å². The second-order valence-electron chi connectivity index (χ2n) is 5.63. The number of aromatic nitrogens is 1. The molecule has 3 nitrogen and oxygen atoms in total. The number of anilines is 1. The van der Waals surface area contributed by atoms with E-state index in [0.29, 0.717) is 25.8 Å². The number of benzene rings is 2. The number of amides is 1. The fourth-order valence-corrected chi connectivity index (χ4v) is 4.17. The molecule has 0 spiro atoms. The number of carbonyl (C=O) groups is 1. The molecule has 0 saturated heterocycles. The Bertz CT molecular complexity index is 938. The number of aryl methyl sites for hydroxylation is 1. The smallest absolute Gasteiger partial charge is 0.258 e. The van der Waals surface area contributed by atoms with Crippen LogP contribution in [0.4, 0.5) is 5.13 Å². The number of nitrogens with one attached hydrogen (secondary N) is 1. The van der Waals surface area contributed by atoms with Crippen molar-refractivity contribution in [3.63, 3.8) is 0 Å². The second-order valence-corrected chi connectivity index (χ2v) is 7.99. The van der Waals surface area contributed by atoms with Crippen LogP contribution in [0.25, 0.3) is 11.3 Å². The molecule has 0 fully saturated rings. The van der Waals surface area contributed by atoms with E-state index >= 15 is 0 Å². The summed E-state index contributed by atoms with van der Waals surface area (Å²) in [5.41, 5.74) is 2.20. The Morgan fingerprint density at radius 3 is 2.42 bits per heavy atom. The molecule has 1 aromatic heterocycles. The van der Waals surface area contributed by atoms with E-state index in [1.807, 2.05) is 24.3 Å². The Balaban J connectivity index is 1.89. The summed E-state index contributed by atoms with van der Waals surface area (Å²) in [6, 6.07) is 12.3. The number of halogens is 3. The molecular formula is C19H15Cl3N2OS. The van der Waals surface area contributed by atoms with Gasteiger partial charge in [0.05, 0.1) is 16.3 Å². The Hall–Kier alpha value is -1.59. The van der Waals surface area contributed by atoms with Crippen LogP contribution in [-0.2, 0) is 6.42 Å². The molecule has 26 heavy (non-hydrogen) atoms. The quantitative estimate of drug-likeness (QED) is 0.479. The zero-order chi connectivity index (χ0) is 18.7. The van der Waals surface area contributed by atoms with Gasteiger partial charge in [0, 0.05) is 20.5 Å². The molecule has 0 aliphatic rings. The lowest BCUT2D eigenvalue weighted by molar-refractivity contribution is 0.102. The SMILES string of the molecule is CCCc1sc(NC(=O)c2ccc(Cl)cc2Cl)nc1-c1ccc(Cl)cc1. The average Bonchev–Trinajstić information content (AvgIpc) is 2.98. The lowest BCUT2D eigenvalue weighted by Gasteiger charge is -2.04. The van der Waals surface area contributed by atoms with Gasteiger partial charge in [0.25, 0.3) is 5.91 Å². The standard InChI is InChI=1S/C19H15Cl3N2OS/c1-2-3-16-17(11-4-6-12(20)7-5-11)23-19(26-16)24-18(25)14-9-8-13(21)10-15(14)22/h4-10H,2-3H2,1H3,(H,23,24,25). The third kappa shape index (κ3) is 4.38. The highest BCUT2D eigenvalue weighted by Crippen LogP contribution is 2.33. The van der Waals surface area contributed by atoms with Gasteiger partial charge in [-0.25, -0.2) is 4.98 Å². The van der Waals surface area contributed by atoms with E-state index < -0.39 is 0 Å². The topological polar surface area (TPSA) is 42.0 Å². The maximum Gasteiger partial charge on any atom is 0.258 e. The summed E-state index contributed by atoms with van der Waals surface area (Å²) in [4.78, 5) is 18.3. The predicted molar refractivity (Wildman–Crippen MR) is 111 cm³/mol. The van der Waals surface area contributed by atoms with Gasteiger partial charge >= 0.3 is 0 Å². The summed E-state index contributed by atoms with van der Waals surface area (Å²) in [6.07, 6.45) is 1.87. The minimum absolute atomic E-state index is 0.304. The third-order valence-corrected chi connectivity index (χ3v) is 5.52. The average molecular weight is 426 g/mol. The van der Waals surface area contributed by atoms with Crippen molar-refractivity contribution in [1.29, 1.82) is 0 Å². The molecule has 3 aromatic rings. The van der Waals surface area contributed by atoms with Crippen LogP contribution in [0.5, 0.6) is 0 Å². The van der Waals surface area contributed by atoms with Crippen LogP contribution in [0.1, 0.15) is 28.6 Å². The number of nitrogens with zero attached hydrogens (tertiary/aromatic N) is 1. The van der Waals surface area contributed by atoms with E-state index in [1.165, 1.54) is 11.3 Å². The zero-order valence-corrected chi connectivity index (χ0v) is 16.9. The van der Waals surface area contributed by atoms with Crippen LogP contribution < -0.4 is 5.32 Å². The minimum Gasteiger partial charge on any atom is -0.298 e. The monoisotopic (exact) mass is 424 g/mol. The minimum atomic E-state index is -0.314. The van der Waals surface area contributed by atoms with Crippen molar-refractivity contribution in [3.8, 4) is 11.3 Å². The van der Waals surface area contributed by atoms with Crippen molar-refractivity contribution in [2.45, 2.75) is 19.8 Å². The van der Waals surface area contributed by atoms with Crippen LogP contribution in [0.15, 0.2) is 42.5 Å². The molecule has 0 bridgehead atoms. The largest absolute Gasteiger partial charge is 0.298 e. The molecule has 0 saturated carbocycles. The molecule has 134 valence electrons. The van der Waals surface area contributed by atoms with Gasteiger partial charge in [0.1, 0.15) is 0 Å². The fourth-order valence-electron chi connectivity index (χ4n) is 2.47. The number of hydrogen-bond acceptors (Lipinski definition) is 3. The van der Waals surface area contributed by atoms with Gasteiger partial charge in [0.15, 0.2) is 5.13 Å². The van der Waals surface area contributed by atoms with E-state index in [-0.39, 0.29) is 5.91 Å². The van der Waals surface area contributed by atoms with E-state index in [9.17, 15) is 4.79 Å². The highest BCUT2D eigenvalue weighted by molar-refractivity contribution is 7.16. The Morgan fingerprint density at radius 2 is 1.77 bits per heavy atom. The van der Waals surface area contributed by atoms with Crippen LogP contribution in [-0.4, -0.2) is 10.9 Å². The van der Waals surface area contributed by atoms with Gasteiger partial charge in [-0.2, -0.15) is 0 Å². The predicted octanol–water partition coefficient (Wildman–Crippen LogP) is 6.98. The van der Waals surface area contributed by atoms with Crippen LogP contribution in [0.2, 0.25) is 15.1 Å². The number of carbonyl (C=O) groups excluding carboxylic acids is 1. The first-order chi connectivity index (χ1) is 12.5. The number of hydrogen-bond donors (Lipinski definition) is 1. The van der Waals surface area contributed by atoms with Gasteiger partial charge < -0.3 is 0 Å². The van der Waals surface area contributed by atoms with Crippen LogP contribution in [0.3, 0.4) is 0 Å². The molecule has 7 heteroatoms. The number of thiazole rings is 1. The highest BCUT2D eigenvalue weighted by Gasteiger charge is 2.17. The molecule has 0 atom stereocenters. The van der Waals surface area contributed by atoms with Crippen molar-refractivity contribution in [1.82, 2.24) is 4.98 Å². The molecule has 1 N–H and O–H groups in total. The van der Waals surface area contributed by atoms with Gasteiger partial charge in [-0.15, -0.1) is 11.3 Å². The maximum absolute atomic E-state index is 12.5. The van der Waals surface area contributed by atoms with Crippen molar-refractivity contribution in [2.24, 2.45) is 0 Å². The molecular weight excluding hydrogens is 411 g/mol. The Kier molecular flexibility index (Phi) is 6.20. The van der Waals surface area contributed by atoms with Gasteiger partial charge in [-0.1, -0.05) is 60.3 Å². The Labute approximate surface area is 170 Å². The van der Waals surface area contributed by atoms with Crippen LogP contribution >= 0.6 is 46.1 Å². The summed E-state index contributed by atoms with van der Waals surface area (Å²) in [5, 5.41) is 4.83. The van der Waals surface area contributed by atoms with Crippen molar-refractivity contribution < 1.29 is 4.79 Å². The lowest BCUT2D eigenvalue weighted by Crippen LogP contribution is -2.12. The molecule has 1 heterocycles. The van der Waals surface area contributed by atoms with Gasteiger partial charge in [0.2, 0.25) is 0 Å². The van der Waals surface area contributed by atoms with Crippen molar-refractivity contribution in [2.75, 3.05) is 5.32 Å². The molecule has 0 unspecified atom stereocenters. The highest BCUT2D eigenvalue weighted by atomic mass is 35.5. The summed E-state index contributed by atoms with van der Waals surface area (Å²) in [6.45, 7) is 2.11. The summed E-state index contributed by atoms with van der Waals surface area (Å²) >= 11 is 19.4. The lowest BCUT2D eigenvalue weighted by atomic mass is 10.1. The van der Waals surface area contributed by atoms with Crippen molar-refractivity contribution in [3.05, 3.63) is 68.0 Å². The third-order valence-electron chi connectivity index (χ3n) is 3.69. The summed E-state index contributed by atoms with van der Waals surface area (Å²) < 4.78 is 0. The van der Waals surface area contributed by atoms with E-state index in [4.69, 9.17) is 34.8 Å². The van der Waals surface area contributed by atoms with E-state index in [1.54, 1.807) is 18.2 Å². The Morgan fingerprint density at radius 1 is 1.08 bits per heavy atom. The van der Waals surface area contributed by atoms with E-state index in [2.05, 4.69) is 17.2 Å². The first-order valence-electron chi connectivity index (χ1n) is 8.00. The molecule has 0 radical (unpaired) electrons. The molecule has 2 aromatic carbocycles. The zero-order valence-electron chi connectivity index (χ0n) is 13.9. The maximum atomic E-state index is 12.5. The van der Waals surface area contributed by atoms with Gasteiger partial charge in [-0.3, -0.25) is 10.1 Å². The van der Waals surface area contributed by atoms with E-state index in [0.717, 1.165) is 29.0 Å². The summed E-state index contributed by atoms with van der Waals surface area (Å²) in [5.74, 6) is -0.314. The fraction of sp³-hybridized carbons (Fsp3) is 0.158. The molecule has 3 rings (SSSR count). The second kappa shape index (κ2) is 8.40.